The number of aromatic nitrogens is 2. The molecule has 1 N–H and O–H groups in total. The molecule has 1 amide bonds. The average Bonchev–Trinajstić information content (AvgIpc) is 3.15. The van der Waals surface area contributed by atoms with Gasteiger partial charge in [-0.15, -0.1) is 0 Å². The van der Waals surface area contributed by atoms with Crippen molar-refractivity contribution in [2.75, 3.05) is 25.6 Å². The number of carbonyl (C=O) groups is 1. The van der Waals surface area contributed by atoms with Gasteiger partial charge in [-0.2, -0.15) is 5.10 Å². The zero-order valence-electron chi connectivity index (χ0n) is 14.2. The van der Waals surface area contributed by atoms with Gasteiger partial charge in [0.1, 0.15) is 0 Å². The maximum absolute atomic E-state index is 11.2. The Morgan fingerprint density at radius 3 is 2.83 bits per heavy atom. The Hall–Kier alpha value is -1.40. The third-order valence-electron chi connectivity index (χ3n) is 5.13. The van der Waals surface area contributed by atoms with Crippen LogP contribution >= 0.6 is 0 Å². The quantitative estimate of drug-likeness (QED) is 0.905. The van der Waals surface area contributed by atoms with Gasteiger partial charge in [-0.3, -0.25) is 14.4 Å². The van der Waals surface area contributed by atoms with Crippen molar-refractivity contribution in [3.05, 3.63) is 12.4 Å². The molecule has 23 heavy (non-hydrogen) atoms. The number of ether oxygens (including phenoxy) is 1. The van der Waals surface area contributed by atoms with E-state index >= 15 is 0 Å². The maximum Gasteiger partial charge on any atom is 0.221 e. The second kappa shape index (κ2) is 7.45. The van der Waals surface area contributed by atoms with E-state index in [0.29, 0.717) is 18.1 Å². The van der Waals surface area contributed by atoms with Crippen molar-refractivity contribution < 1.29 is 9.53 Å². The van der Waals surface area contributed by atoms with Gasteiger partial charge in [0.15, 0.2) is 0 Å². The minimum atomic E-state index is -0.0583. The maximum atomic E-state index is 11.2. The Labute approximate surface area is 138 Å². The minimum absolute atomic E-state index is 0.0583. The number of anilines is 1. The normalized spacial score (nSPS) is 26.5. The Kier molecular flexibility index (Phi) is 5.33. The highest BCUT2D eigenvalue weighted by molar-refractivity contribution is 5.88. The van der Waals surface area contributed by atoms with E-state index < -0.39 is 0 Å². The summed E-state index contributed by atoms with van der Waals surface area (Å²) in [4.78, 5) is 13.8. The lowest BCUT2D eigenvalue weighted by molar-refractivity contribution is -0.114. The zero-order valence-corrected chi connectivity index (χ0v) is 14.2. The summed E-state index contributed by atoms with van der Waals surface area (Å²) in [5.74, 6) is -0.0583. The lowest BCUT2D eigenvalue weighted by Crippen LogP contribution is -2.42. The van der Waals surface area contributed by atoms with Crippen molar-refractivity contribution in [2.24, 2.45) is 0 Å². The lowest BCUT2D eigenvalue weighted by Gasteiger charge is -2.35. The van der Waals surface area contributed by atoms with Crippen LogP contribution < -0.4 is 5.32 Å². The molecule has 2 atom stereocenters. The number of hydrogen-bond donors (Lipinski definition) is 1. The van der Waals surface area contributed by atoms with Crippen LogP contribution in [0.15, 0.2) is 12.4 Å². The summed E-state index contributed by atoms with van der Waals surface area (Å²) in [5, 5.41) is 7.26. The predicted octanol–water partition coefficient (Wildman–Crippen LogP) is 2.44. The van der Waals surface area contributed by atoms with E-state index in [1.54, 1.807) is 13.3 Å². The summed E-state index contributed by atoms with van der Waals surface area (Å²) < 4.78 is 7.47. The molecular weight excluding hydrogens is 292 g/mol. The van der Waals surface area contributed by atoms with Crippen molar-refractivity contribution in [3.63, 3.8) is 0 Å². The molecule has 0 unspecified atom stereocenters. The Balaban J connectivity index is 1.68. The summed E-state index contributed by atoms with van der Waals surface area (Å²) in [6, 6.07) is 1.53. The summed E-state index contributed by atoms with van der Waals surface area (Å²) in [6.45, 7) is 3.33. The van der Waals surface area contributed by atoms with Crippen LogP contribution in [0.3, 0.4) is 0 Å². The second-order valence-corrected chi connectivity index (χ2v) is 6.88. The molecule has 6 heteroatoms. The molecule has 1 aliphatic carbocycles. The number of hydrogen-bond acceptors (Lipinski definition) is 4. The van der Waals surface area contributed by atoms with E-state index in [0.717, 1.165) is 25.3 Å². The Bertz CT molecular complexity index is 524. The van der Waals surface area contributed by atoms with Gasteiger partial charge in [-0.1, -0.05) is 19.3 Å². The molecule has 2 heterocycles. The highest BCUT2D eigenvalue weighted by atomic mass is 16.5. The smallest absolute Gasteiger partial charge is 0.221 e. The first kappa shape index (κ1) is 16.5. The van der Waals surface area contributed by atoms with Crippen LogP contribution in [-0.2, 0) is 9.53 Å². The SMILES string of the molecule is COC[C@@H]1C[C@H](n2cc(NC(C)=O)cn2)CN1C1CCCCC1. The van der Waals surface area contributed by atoms with E-state index in [9.17, 15) is 4.79 Å². The topological polar surface area (TPSA) is 59.4 Å². The third kappa shape index (κ3) is 3.93. The molecule has 1 saturated heterocycles. The highest BCUT2D eigenvalue weighted by Crippen LogP contribution is 2.34. The van der Waals surface area contributed by atoms with Crippen LogP contribution in [0.2, 0.25) is 0 Å². The monoisotopic (exact) mass is 320 g/mol. The van der Waals surface area contributed by atoms with Crippen molar-refractivity contribution in [2.45, 2.75) is 63.6 Å². The molecule has 3 rings (SSSR count). The molecule has 1 aromatic heterocycles. The van der Waals surface area contributed by atoms with Gasteiger partial charge in [-0.05, 0) is 19.3 Å². The Morgan fingerprint density at radius 1 is 1.35 bits per heavy atom. The number of amides is 1. The number of likely N-dealkylation sites (tertiary alicyclic amines) is 1. The molecule has 0 spiro atoms. The van der Waals surface area contributed by atoms with Crippen molar-refractivity contribution in [3.8, 4) is 0 Å². The molecule has 1 aromatic rings. The highest BCUT2D eigenvalue weighted by Gasteiger charge is 2.37. The van der Waals surface area contributed by atoms with Gasteiger partial charge in [0.05, 0.1) is 24.5 Å². The van der Waals surface area contributed by atoms with Crippen molar-refractivity contribution >= 4 is 11.6 Å². The molecule has 2 fully saturated rings. The molecule has 1 saturated carbocycles. The summed E-state index contributed by atoms with van der Waals surface area (Å²) in [5.41, 5.74) is 0.775. The molecule has 128 valence electrons. The summed E-state index contributed by atoms with van der Waals surface area (Å²) >= 11 is 0. The number of methoxy groups -OCH3 is 1. The molecule has 2 aliphatic rings. The first-order valence-electron chi connectivity index (χ1n) is 8.74. The molecular formula is C17H28N4O2. The lowest BCUT2D eigenvalue weighted by atomic mass is 9.94. The van der Waals surface area contributed by atoms with Gasteiger partial charge in [0.25, 0.3) is 0 Å². The predicted molar refractivity (Wildman–Crippen MR) is 89.4 cm³/mol. The summed E-state index contributed by atoms with van der Waals surface area (Å²) in [7, 11) is 1.79. The number of nitrogens with zero attached hydrogens (tertiary/aromatic N) is 3. The van der Waals surface area contributed by atoms with E-state index in [4.69, 9.17) is 4.74 Å². The number of rotatable bonds is 5. The van der Waals surface area contributed by atoms with Gasteiger partial charge < -0.3 is 10.1 Å². The van der Waals surface area contributed by atoms with Crippen LogP contribution in [0.4, 0.5) is 5.69 Å². The second-order valence-electron chi connectivity index (χ2n) is 6.88. The fourth-order valence-corrected chi connectivity index (χ4v) is 4.13. The van der Waals surface area contributed by atoms with Crippen LogP contribution in [0.1, 0.15) is 51.5 Å². The van der Waals surface area contributed by atoms with Gasteiger partial charge in [-0.25, -0.2) is 0 Å². The van der Waals surface area contributed by atoms with E-state index in [1.807, 2.05) is 10.9 Å². The van der Waals surface area contributed by atoms with Gasteiger partial charge >= 0.3 is 0 Å². The van der Waals surface area contributed by atoms with E-state index in [-0.39, 0.29) is 5.91 Å². The van der Waals surface area contributed by atoms with Crippen LogP contribution in [0.5, 0.6) is 0 Å². The fraction of sp³-hybridized carbons (Fsp3) is 0.765. The van der Waals surface area contributed by atoms with Crippen LogP contribution in [-0.4, -0.2) is 52.9 Å². The molecule has 6 nitrogen and oxygen atoms in total. The minimum Gasteiger partial charge on any atom is -0.383 e. The zero-order chi connectivity index (χ0) is 16.2. The first-order chi connectivity index (χ1) is 11.2. The third-order valence-corrected chi connectivity index (χ3v) is 5.13. The van der Waals surface area contributed by atoms with E-state index in [2.05, 4.69) is 15.3 Å². The molecule has 1 aliphatic heterocycles. The molecule has 0 radical (unpaired) electrons. The standard InChI is InChI=1S/C17H28N4O2/c1-13(22)19-14-9-18-21(10-14)16-8-17(12-23-2)20(11-16)15-6-4-3-5-7-15/h9-10,15-17H,3-8,11-12H2,1-2H3,(H,19,22)/t16-,17-/m0/s1. The van der Waals surface area contributed by atoms with Gasteiger partial charge in [0.2, 0.25) is 5.91 Å². The number of carbonyl (C=O) groups excluding carboxylic acids is 1. The van der Waals surface area contributed by atoms with Crippen molar-refractivity contribution in [1.29, 1.82) is 0 Å². The average molecular weight is 320 g/mol. The van der Waals surface area contributed by atoms with Crippen molar-refractivity contribution in [1.82, 2.24) is 14.7 Å². The van der Waals surface area contributed by atoms with E-state index in [1.165, 1.54) is 39.0 Å². The molecule has 0 bridgehead atoms. The molecule has 0 aromatic carbocycles. The number of nitrogens with one attached hydrogen (secondary N) is 1. The fourth-order valence-electron chi connectivity index (χ4n) is 4.13. The van der Waals surface area contributed by atoms with Crippen LogP contribution in [0, 0.1) is 0 Å². The van der Waals surface area contributed by atoms with Gasteiger partial charge in [0, 0.05) is 38.9 Å². The Morgan fingerprint density at radius 2 is 2.13 bits per heavy atom. The first-order valence-corrected chi connectivity index (χ1v) is 8.74. The van der Waals surface area contributed by atoms with Crippen LogP contribution in [0.25, 0.3) is 0 Å². The summed E-state index contributed by atoms with van der Waals surface area (Å²) in [6.07, 6.45) is 11.4. The largest absolute Gasteiger partial charge is 0.383 e.